The highest BCUT2D eigenvalue weighted by Gasteiger charge is 2.18. The molecule has 2 aliphatic rings. The van der Waals surface area contributed by atoms with Gasteiger partial charge in [-0.25, -0.2) is 8.61 Å². The number of carbonyl (C=O) groups is 2. The molecule has 0 aromatic heterocycles. The second-order valence-electron chi connectivity index (χ2n) is 7.34. The van der Waals surface area contributed by atoms with Crippen molar-refractivity contribution in [2.75, 3.05) is 26.2 Å². The summed E-state index contributed by atoms with van der Waals surface area (Å²) in [5.74, 6) is 0. The molecule has 0 N–H and O–H groups in total. The van der Waals surface area contributed by atoms with Gasteiger partial charge in [0.1, 0.15) is 0 Å². The molecule has 32 heavy (non-hydrogen) atoms. The number of benzene rings is 2. The SMILES string of the molecule is O=C(SSc1ccc(-c2ccc(SSC(=O)SN3CCCC3)cc2)cc1)SN1CCCC1. The Morgan fingerprint density at radius 1 is 0.562 bits per heavy atom. The van der Waals surface area contributed by atoms with E-state index in [1.165, 1.54) is 92.8 Å². The fourth-order valence-corrected chi connectivity index (χ4v) is 9.18. The van der Waals surface area contributed by atoms with Crippen LogP contribution in [0.5, 0.6) is 0 Å². The van der Waals surface area contributed by atoms with Gasteiger partial charge < -0.3 is 0 Å². The summed E-state index contributed by atoms with van der Waals surface area (Å²) in [6.07, 6.45) is 4.75. The summed E-state index contributed by atoms with van der Waals surface area (Å²) >= 11 is 2.70. The fourth-order valence-electron chi connectivity index (χ4n) is 3.37. The first kappa shape index (κ1) is 24.9. The number of nitrogens with zero attached hydrogens (tertiary/aromatic N) is 2. The van der Waals surface area contributed by atoms with E-state index in [4.69, 9.17) is 0 Å². The van der Waals surface area contributed by atoms with E-state index in [-0.39, 0.29) is 8.89 Å². The first-order chi connectivity index (χ1) is 15.7. The van der Waals surface area contributed by atoms with Crippen molar-refractivity contribution in [2.24, 2.45) is 0 Å². The van der Waals surface area contributed by atoms with Crippen LogP contribution in [0.2, 0.25) is 0 Å². The molecule has 0 spiro atoms. The van der Waals surface area contributed by atoms with Crippen LogP contribution in [0.4, 0.5) is 9.59 Å². The third kappa shape index (κ3) is 7.94. The van der Waals surface area contributed by atoms with Crippen molar-refractivity contribution in [3.05, 3.63) is 48.5 Å². The van der Waals surface area contributed by atoms with Gasteiger partial charge >= 0.3 is 0 Å². The van der Waals surface area contributed by atoms with E-state index in [9.17, 15) is 9.59 Å². The molecule has 0 amide bonds. The Balaban J connectivity index is 1.22. The lowest BCUT2D eigenvalue weighted by atomic mass is 10.1. The van der Waals surface area contributed by atoms with E-state index in [1.807, 2.05) is 0 Å². The lowest BCUT2D eigenvalue weighted by Gasteiger charge is -2.11. The molecule has 0 radical (unpaired) electrons. The molecule has 0 unspecified atom stereocenters. The average molecular weight is 541 g/mol. The Morgan fingerprint density at radius 2 is 0.906 bits per heavy atom. The molecule has 2 saturated heterocycles. The molecule has 2 fully saturated rings. The first-order valence-electron chi connectivity index (χ1n) is 10.5. The van der Waals surface area contributed by atoms with E-state index >= 15 is 0 Å². The minimum Gasteiger partial charge on any atom is -0.272 e. The van der Waals surface area contributed by atoms with Crippen molar-refractivity contribution in [3.63, 3.8) is 0 Å². The molecule has 2 aromatic rings. The van der Waals surface area contributed by atoms with E-state index in [0.29, 0.717) is 0 Å². The molecular formula is C22H24N2O2S6. The number of hydrogen-bond acceptors (Lipinski definition) is 10. The van der Waals surface area contributed by atoms with Crippen molar-refractivity contribution in [2.45, 2.75) is 35.5 Å². The van der Waals surface area contributed by atoms with Crippen LogP contribution in [0.1, 0.15) is 25.7 Å². The van der Waals surface area contributed by atoms with Gasteiger partial charge in [0.15, 0.2) is 0 Å². The molecule has 2 aromatic carbocycles. The number of rotatable bonds is 7. The average Bonchev–Trinajstić information content (AvgIpc) is 3.52. The second-order valence-corrected chi connectivity index (χ2v) is 14.3. The Labute approximate surface area is 214 Å². The Kier molecular flexibility index (Phi) is 10.2. The standard InChI is InChI=1S/C22H24N2O2S6/c25-21(27-23-13-1-2-14-23)31-29-19-9-5-17(6-10-19)18-7-11-20(12-8-18)30-32-22(26)28-24-15-3-4-16-24/h5-12H,1-4,13-16H2. The van der Waals surface area contributed by atoms with E-state index in [1.54, 1.807) is 0 Å². The van der Waals surface area contributed by atoms with Crippen molar-refractivity contribution < 1.29 is 9.59 Å². The zero-order chi connectivity index (χ0) is 22.2. The van der Waals surface area contributed by atoms with Gasteiger partial charge in [-0.2, -0.15) is 0 Å². The summed E-state index contributed by atoms with van der Waals surface area (Å²) in [6, 6.07) is 16.6. The monoisotopic (exact) mass is 540 g/mol. The molecule has 2 heterocycles. The Bertz CT molecular complexity index is 822. The quantitative estimate of drug-likeness (QED) is 0.252. The minimum absolute atomic E-state index is 0.143. The third-order valence-electron chi connectivity index (χ3n) is 4.99. The summed E-state index contributed by atoms with van der Waals surface area (Å²) < 4.78 is 4.59. The molecule has 0 aliphatic carbocycles. The maximum Gasteiger partial charge on any atom is 0.271 e. The highest BCUT2D eigenvalue weighted by atomic mass is 33.1. The summed E-state index contributed by atoms with van der Waals surface area (Å²) in [5.41, 5.74) is 2.28. The predicted octanol–water partition coefficient (Wildman–Crippen LogP) is 8.56. The van der Waals surface area contributed by atoms with Crippen molar-refractivity contribution in [1.82, 2.24) is 8.61 Å². The predicted molar refractivity (Wildman–Crippen MR) is 146 cm³/mol. The van der Waals surface area contributed by atoms with Gasteiger partial charge in [-0.05, 0) is 104 Å². The van der Waals surface area contributed by atoms with Gasteiger partial charge in [-0.1, -0.05) is 24.3 Å². The van der Waals surface area contributed by atoms with Gasteiger partial charge in [0.25, 0.3) is 8.89 Å². The molecular weight excluding hydrogens is 517 g/mol. The van der Waals surface area contributed by atoms with Gasteiger partial charge in [-0.15, -0.1) is 0 Å². The van der Waals surface area contributed by atoms with Crippen LogP contribution >= 0.6 is 67.1 Å². The molecule has 2 aliphatic heterocycles. The minimum atomic E-state index is 0.143. The molecule has 0 saturated carbocycles. The van der Waals surface area contributed by atoms with Crippen LogP contribution in [0.15, 0.2) is 58.3 Å². The normalized spacial score (nSPS) is 17.1. The first-order valence-corrected chi connectivity index (χ1v) is 16.3. The Hall–Kier alpha value is -0.200. The molecule has 0 bridgehead atoms. The van der Waals surface area contributed by atoms with E-state index < -0.39 is 0 Å². The van der Waals surface area contributed by atoms with Gasteiger partial charge in [0.05, 0.1) is 0 Å². The number of carbonyl (C=O) groups excluding carboxylic acids is 2. The third-order valence-corrected chi connectivity index (χ3v) is 12.0. The topological polar surface area (TPSA) is 40.6 Å². The summed E-state index contributed by atoms with van der Waals surface area (Å²) in [6.45, 7) is 4.06. The zero-order valence-electron chi connectivity index (χ0n) is 17.4. The molecule has 10 heteroatoms. The van der Waals surface area contributed by atoms with Crippen LogP contribution in [0.3, 0.4) is 0 Å². The van der Waals surface area contributed by atoms with Crippen LogP contribution in [-0.4, -0.2) is 43.7 Å². The lowest BCUT2D eigenvalue weighted by molar-refractivity contribution is 0.275. The van der Waals surface area contributed by atoms with E-state index in [0.717, 1.165) is 47.1 Å². The maximum absolute atomic E-state index is 12.1. The molecule has 4 rings (SSSR count). The van der Waals surface area contributed by atoms with Crippen LogP contribution < -0.4 is 0 Å². The smallest absolute Gasteiger partial charge is 0.271 e. The van der Waals surface area contributed by atoms with Crippen molar-refractivity contribution in [1.29, 1.82) is 0 Å². The molecule has 4 nitrogen and oxygen atoms in total. The highest BCUT2D eigenvalue weighted by molar-refractivity contribution is 8.86. The van der Waals surface area contributed by atoms with Crippen LogP contribution in [0.25, 0.3) is 11.1 Å². The van der Waals surface area contributed by atoms with E-state index in [2.05, 4.69) is 57.1 Å². The van der Waals surface area contributed by atoms with Gasteiger partial charge in [0, 0.05) is 59.9 Å². The summed E-state index contributed by atoms with van der Waals surface area (Å²) in [5, 5.41) is 0. The number of hydrogen-bond donors (Lipinski definition) is 0. The summed E-state index contributed by atoms with van der Waals surface area (Å²) in [4.78, 5) is 26.4. The van der Waals surface area contributed by atoms with Gasteiger partial charge in [-0.3, -0.25) is 9.59 Å². The summed E-state index contributed by atoms with van der Waals surface area (Å²) in [7, 11) is 5.63. The Morgan fingerprint density at radius 3 is 1.25 bits per heavy atom. The lowest BCUT2D eigenvalue weighted by Crippen LogP contribution is -2.10. The molecule has 170 valence electrons. The van der Waals surface area contributed by atoms with Crippen molar-refractivity contribution >= 4 is 76.0 Å². The fraction of sp³-hybridized carbons (Fsp3) is 0.364. The highest BCUT2D eigenvalue weighted by Crippen LogP contribution is 2.39. The zero-order valence-corrected chi connectivity index (χ0v) is 22.3. The largest absolute Gasteiger partial charge is 0.272 e. The van der Waals surface area contributed by atoms with Crippen LogP contribution in [0, 0.1) is 0 Å². The molecule has 0 atom stereocenters. The van der Waals surface area contributed by atoms with Crippen molar-refractivity contribution in [3.8, 4) is 11.1 Å². The maximum atomic E-state index is 12.1. The second kappa shape index (κ2) is 13.0. The van der Waals surface area contributed by atoms with Crippen LogP contribution in [-0.2, 0) is 0 Å². The van der Waals surface area contributed by atoms with Gasteiger partial charge in [0.2, 0.25) is 0 Å².